The fraction of sp³-hybridized carbons (Fsp3) is 0.429. The van der Waals surface area contributed by atoms with E-state index in [1.165, 1.54) is 6.33 Å². The molecule has 2 rings (SSSR count). The summed E-state index contributed by atoms with van der Waals surface area (Å²) in [5.41, 5.74) is 1.11. The van der Waals surface area contributed by atoms with Gasteiger partial charge in [-0.2, -0.15) is 5.10 Å². The molecule has 2 aromatic rings. The molecule has 0 aliphatic carbocycles. The van der Waals surface area contributed by atoms with Crippen molar-refractivity contribution < 1.29 is 4.74 Å². The number of nitrogens with zero attached hydrogens (tertiary/aromatic N) is 2. The van der Waals surface area contributed by atoms with Crippen LogP contribution >= 0.6 is 0 Å². The second kappa shape index (κ2) is 6.33. The van der Waals surface area contributed by atoms with Crippen molar-refractivity contribution in [3.63, 3.8) is 0 Å². The minimum absolute atomic E-state index is 0.00297. The van der Waals surface area contributed by atoms with Gasteiger partial charge in [0.15, 0.2) is 0 Å². The van der Waals surface area contributed by atoms with E-state index in [0.29, 0.717) is 0 Å². The van der Waals surface area contributed by atoms with Crippen LogP contribution in [0.4, 0.5) is 0 Å². The number of nitrogens with one attached hydrogen (secondary N) is 2. The van der Waals surface area contributed by atoms with Crippen LogP contribution in [0.2, 0.25) is 0 Å². The number of benzene rings is 1. The van der Waals surface area contributed by atoms with Gasteiger partial charge in [0, 0.05) is 0 Å². The Morgan fingerprint density at radius 2 is 2.21 bits per heavy atom. The van der Waals surface area contributed by atoms with Crippen LogP contribution in [0.15, 0.2) is 30.6 Å². The van der Waals surface area contributed by atoms with E-state index in [9.17, 15) is 0 Å². The van der Waals surface area contributed by atoms with Crippen LogP contribution in [0.25, 0.3) is 0 Å². The lowest BCUT2D eigenvalue weighted by atomic mass is 10.1. The van der Waals surface area contributed by atoms with Gasteiger partial charge in [0.05, 0.1) is 12.1 Å². The molecule has 1 atom stereocenters. The molecule has 0 fully saturated rings. The Balaban J connectivity index is 2.26. The second-order valence-corrected chi connectivity index (χ2v) is 4.60. The van der Waals surface area contributed by atoms with E-state index in [-0.39, 0.29) is 12.1 Å². The number of aromatic nitrogens is 3. The average molecular weight is 260 g/mol. The molecule has 0 aliphatic heterocycles. The molecule has 0 radical (unpaired) electrons. The normalized spacial score (nSPS) is 12.6. The molecule has 0 saturated heterocycles. The van der Waals surface area contributed by atoms with Crippen LogP contribution in [-0.4, -0.2) is 27.8 Å². The van der Waals surface area contributed by atoms with Crippen molar-refractivity contribution >= 4 is 0 Å². The smallest absolute Gasteiger partial charge is 0.145 e. The first-order valence-electron chi connectivity index (χ1n) is 6.56. The van der Waals surface area contributed by atoms with Gasteiger partial charge in [0.1, 0.15) is 17.9 Å². The molecule has 0 aliphatic rings. The molecule has 1 unspecified atom stereocenters. The highest BCUT2D eigenvalue weighted by Crippen LogP contribution is 2.23. The van der Waals surface area contributed by atoms with Gasteiger partial charge in [-0.25, -0.2) is 4.98 Å². The molecule has 0 amide bonds. The summed E-state index contributed by atoms with van der Waals surface area (Å²) >= 11 is 0. The molecule has 5 nitrogen and oxygen atoms in total. The van der Waals surface area contributed by atoms with E-state index < -0.39 is 0 Å². The third-order valence-corrected chi connectivity index (χ3v) is 2.68. The van der Waals surface area contributed by atoms with Gasteiger partial charge in [0.25, 0.3) is 0 Å². The maximum atomic E-state index is 5.73. The van der Waals surface area contributed by atoms with E-state index in [1.54, 1.807) is 0 Å². The largest absolute Gasteiger partial charge is 0.491 e. The second-order valence-electron chi connectivity index (χ2n) is 4.60. The minimum atomic E-state index is 0.00297. The number of aromatic amines is 1. The Morgan fingerprint density at radius 3 is 2.84 bits per heavy atom. The third-order valence-electron chi connectivity index (χ3n) is 2.68. The maximum absolute atomic E-state index is 5.73. The van der Waals surface area contributed by atoms with E-state index in [2.05, 4.69) is 33.5 Å². The summed E-state index contributed by atoms with van der Waals surface area (Å²) in [5.74, 6) is 1.68. The van der Waals surface area contributed by atoms with Crippen molar-refractivity contribution in [3.05, 3.63) is 42.0 Å². The summed E-state index contributed by atoms with van der Waals surface area (Å²) in [4.78, 5) is 4.23. The molecule has 1 heterocycles. The molecule has 5 heteroatoms. The summed E-state index contributed by atoms with van der Waals surface area (Å²) < 4.78 is 5.73. The highest BCUT2D eigenvalue weighted by atomic mass is 16.5. The highest BCUT2D eigenvalue weighted by molar-refractivity contribution is 5.33. The number of H-pyrrole nitrogens is 1. The van der Waals surface area contributed by atoms with Gasteiger partial charge in [-0.15, -0.1) is 0 Å². The average Bonchev–Trinajstić information content (AvgIpc) is 2.89. The lowest BCUT2D eigenvalue weighted by molar-refractivity contribution is 0.242. The fourth-order valence-electron chi connectivity index (χ4n) is 1.97. The standard InChI is InChI=1S/C14H20N4O/c1-4-15-13(14-16-9-17-18-14)11-6-5-7-12(8-11)19-10(2)3/h5-10,13,15H,4H2,1-3H3,(H,16,17,18). The van der Waals surface area contributed by atoms with Crippen LogP contribution < -0.4 is 10.1 Å². The Hall–Kier alpha value is -1.88. The number of hydrogen-bond acceptors (Lipinski definition) is 4. The zero-order chi connectivity index (χ0) is 13.7. The summed E-state index contributed by atoms with van der Waals surface area (Å²) in [6, 6.07) is 8.06. The van der Waals surface area contributed by atoms with E-state index >= 15 is 0 Å². The molecule has 0 spiro atoms. The maximum Gasteiger partial charge on any atom is 0.145 e. The Bertz CT molecular complexity index is 496. The predicted octanol–water partition coefficient (Wildman–Crippen LogP) is 2.29. The van der Waals surface area contributed by atoms with Crippen LogP contribution in [-0.2, 0) is 0 Å². The van der Waals surface area contributed by atoms with Crippen molar-refractivity contribution in [1.29, 1.82) is 0 Å². The Labute approximate surface area is 113 Å². The summed E-state index contributed by atoms with van der Waals surface area (Å²) in [6.45, 7) is 6.95. The van der Waals surface area contributed by atoms with Crippen LogP contribution in [0.3, 0.4) is 0 Å². The quantitative estimate of drug-likeness (QED) is 0.836. The van der Waals surface area contributed by atoms with Crippen molar-refractivity contribution in [2.75, 3.05) is 6.54 Å². The Kier molecular flexibility index (Phi) is 4.52. The number of hydrogen-bond donors (Lipinski definition) is 2. The van der Waals surface area contributed by atoms with Gasteiger partial charge in [0.2, 0.25) is 0 Å². The lowest BCUT2D eigenvalue weighted by Gasteiger charge is -2.17. The molecular weight excluding hydrogens is 240 g/mol. The van der Waals surface area contributed by atoms with Gasteiger partial charge in [-0.3, -0.25) is 5.10 Å². The zero-order valence-corrected chi connectivity index (χ0v) is 11.6. The molecule has 19 heavy (non-hydrogen) atoms. The molecule has 1 aromatic heterocycles. The first kappa shape index (κ1) is 13.5. The summed E-state index contributed by atoms with van der Waals surface area (Å²) in [7, 11) is 0. The third kappa shape index (κ3) is 3.54. The highest BCUT2D eigenvalue weighted by Gasteiger charge is 2.16. The van der Waals surface area contributed by atoms with E-state index in [4.69, 9.17) is 4.74 Å². The summed E-state index contributed by atoms with van der Waals surface area (Å²) in [5, 5.41) is 10.2. The predicted molar refractivity (Wildman–Crippen MR) is 74.1 cm³/mol. The molecule has 2 N–H and O–H groups in total. The van der Waals surface area contributed by atoms with Gasteiger partial charge in [-0.05, 0) is 38.1 Å². The monoisotopic (exact) mass is 260 g/mol. The molecular formula is C14H20N4O. The molecule has 102 valence electrons. The molecule has 0 saturated carbocycles. The van der Waals surface area contributed by atoms with Crippen LogP contribution in [0.1, 0.15) is 38.2 Å². The van der Waals surface area contributed by atoms with Crippen molar-refractivity contribution in [1.82, 2.24) is 20.5 Å². The van der Waals surface area contributed by atoms with Crippen LogP contribution in [0.5, 0.6) is 5.75 Å². The zero-order valence-electron chi connectivity index (χ0n) is 11.6. The van der Waals surface area contributed by atoms with Crippen molar-refractivity contribution in [2.24, 2.45) is 0 Å². The first-order chi connectivity index (χ1) is 9.20. The van der Waals surface area contributed by atoms with Gasteiger partial charge in [-0.1, -0.05) is 19.1 Å². The van der Waals surface area contributed by atoms with E-state index in [0.717, 1.165) is 23.7 Å². The minimum Gasteiger partial charge on any atom is -0.491 e. The fourth-order valence-corrected chi connectivity index (χ4v) is 1.97. The number of rotatable bonds is 6. The van der Waals surface area contributed by atoms with Crippen molar-refractivity contribution in [3.8, 4) is 5.75 Å². The van der Waals surface area contributed by atoms with Crippen molar-refractivity contribution in [2.45, 2.75) is 32.9 Å². The SMILES string of the molecule is CCNC(c1cccc(OC(C)C)c1)c1ncn[nH]1. The Morgan fingerprint density at radius 1 is 1.37 bits per heavy atom. The lowest BCUT2D eigenvalue weighted by Crippen LogP contribution is -2.23. The van der Waals surface area contributed by atoms with Gasteiger partial charge >= 0.3 is 0 Å². The van der Waals surface area contributed by atoms with E-state index in [1.807, 2.05) is 32.0 Å². The molecule has 1 aromatic carbocycles. The molecule has 0 bridgehead atoms. The van der Waals surface area contributed by atoms with Crippen LogP contribution in [0, 0.1) is 0 Å². The first-order valence-corrected chi connectivity index (χ1v) is 6.56. The number of ether oxygens (including phenoxy) is 1. The summed E-state index contributed by atoms with van der Waals surface area (Å²) in [6.07, 6.45) is 1.69. The van der Waals surface area contributed by atoms with Gasteiger partial charge < -0.3 is 10.1 Å². The topological polar surface area (TPSA) is 62.8 Å².